The summed E-state index contributed by atoms with van der Waals surface area (Å²) in [5, 5.41) is 3.52. The highest BCUT2D eigenvalue weighted by molar-refractivity contribution is 5.20. The Kier molecular flexibility index (Phi) is 6.66. The molecule has 0 saturated carbocycles. The molecule has 0 heterocycles. The summed E-state index contributed by atoms with van der Waals surface area (Å²) in [6, 6.07) is 10.5. The van der Waals surface area contributed by atoms with Gasteiger partial charge in [-0.15, -0.1) is 0 Å². The number of rotatable bonds is 8. The van der Waals surface area contributed by atoms with Crippen molar-refractivity contribution in [2.75, 3.05) is 13.2 Å². The molecule has 1 unspecified atom stereocenters. The standard InChI is InChI=1S/C14H23NO/c1-3-8-13(15-11-4-2)12-16-14-9-6-5-7-10-14/h5-7,9-10,13,15H,3-4,8,11-12H2,1-2H3. The van der Waals surface area contributed by atoms with Crippen molar-refractivity contribution < 1.29 is 4.74 Å². The molecule has 1 aromatic carbocycles. The van der Waals surface area contributed by atoms with Crippen molar-refractivity contribution in [3.63, 3.8) is 0 Å². The molecule has 0 amide bonds. The van der Waals surface area contributed by atoms with Gasteiger partial charge >= 0.3 is 0 Å². The lowest BCUT2D eigenvalue weighted by Crippen LogP contribution is -2.35. The van der Waals surface area contributed by atoms with Crippen LogP contribution in [0.3, 0.4) is 0 Å². The maximum absolute atomic E-state index is 5.76. The molecule has 0 fully saturated rings. The van der Waals surface area contributed by atoms with E-state index in [9.17, 15) is 0 Å². The van der Waals surface area contributed by atoms with Gasteiger partial charge in [-0.1, -0.05) is 38.5 Å². The van der Waals surface area contributed by atoms with E-state index in [0.717, 1.165) is 18.9 Å². The second-order valence-corrected chi connectivity index (χ2v) is 4.06. The molecule has 0 saturated heterocycles. The van der Waals surface area contributed by atoms with Crippen LogP contribution in [0.2, 0.25) is 0 Å². The number of nitrogens with one attached hydrogen (secondary N) is 1. The summed E-state index contributed by atoms with van der Waals surface area (Å²) in [6.07, 6.45) is 3.54. The van der Waals surface area contributed by atoms with Crippen LogP contribution in [0.15, 0.2) is 30.3 Å². The molecule has 1 aromatic rings. The molecule has 1 atom stereocenters. The first-order chi connectivity index (χ1) is 7.86. The molecule has 16 heavy (non-hydrogen) atoms. The molecule has 0 aromatic heterocycles. The van der Waals surface area contributed by atoms with Crippen LogP contribution in [0.25, 0.3) is 0 Å². The smallest absolute Gasteiger partial charge is 0.119 e. The molecule has 0 radical (unpaired) electrons. The molecule has 2 nitrogen and oxygen atoms in total. The minimum atomic E-state index is 0.477. The van der Waals surface area contributed by atoms with Gasteiger partial charge in [-0.2, -0.15) is 0 Å². The Hall–Kier alpha value is -1.02. The first-order valence-corrected chi connectivity index (χ1v) is 6.28. The highest BCUT2D eigenvalue weighted by Crippen LogP contribution is 2.09. The maximum Gasteiger partial charge on any atom is 0.119 e. The van der Waals surface area contributed by atoms with Gasteiger partial charge in [0.05, 0.1) is 0 Å². The molecule has 1 rings (SSSR count). The van der Waals surface area contributed by atoms with Gasteiger partial charge < -0.3 is 10.1 Å². The van der Waals surface area contributed by atoms with E-state index in [1.54, 1.807) is 0 Å². The Morgan fingerprint density at radius 1 is 1.12 bits per heavy atom. The summed E-state index contributed by atoms with van der Waals surface area (Å²) in [7, 11) is 0. The summed E-state index contributed by atoms with van der Waals surface area (Å²) in [5.41, 5.74) is 0. The van der Waals surface area contributed by atoms with Crippen LogP contribution in [0.5, 0.6) is 5.75 Å². The lowest BCUT2D eigenvalue weighted by molar-refractivity contribution is 0.256. The van der Waals surface area contributed by atoms with E-state index in [0.29, 0.717) is 6.04 Å². The number of hydrogen-bond acceptors (Lipinski definition) is 2. The first kappa shape index (κ1) is 13.0. The van der Waals surface area contributed by atoms with Gasteiger partial charge in [0.1, 0.15) is 12.4 Å². The molecule has 0 bridgehead atoms. The zero-order valence-electron chi connectivity index (χ0n) is 10.4. The lowest BCUT2D eigenvalue weighted by Gasteiger charge is -2.18. The van der Waals surface area contributed by atoms with Crippen molar-refractivity contribution in [1.29, 1.82) is 0 Å². The number of para-hydroxylation sites is 1. The highest BCUT2D eigenvalue weighted by atomic mass is 16.5. The van der Waals surface area contributed by atoms with Gasteiger partial charge in [0.15, 0.2) is 0 Å². The molecule has 0 aliphatic carbocycles. The normalized spacial score (nSPS) is 12.4. The molecule has 0 aliphatic rings. The Balaban J connectivity index is 2.31. The zero-order valence-corrected chi connectivity index (χ0v) is 10.4. The second kappa shape index (κ2) is 8.17. The first-order valence-electron chi connectivity index (χ1n) is 6.28. The average Bonchev–Trinajstić information content (AvgIpc) is 2.34. The Bertz CT molecular complexity index is 261. The van der Waals surface area contributed by atoms with Crippen LogP contribution in [0.4, 0.5) is 0 Å². The summed E-state index contributed by atoms with van der Waals surface area (Å²) in [6.45, 7) is 6.23. The van der Waals surface area contributed by atoms with Crippen LogP contribution >= 0.6 is 0 Å². The van der Waals surface area contributed by atoms with Gasteiger partial charge in [0.2, 0.25) is 0 Å². The lowest BCUT2D eigenvalue weighted by atomic mass is 10.2. The van der Waals surface area contributed by atoms with E-state index < -0.39 is 0 Å². The minimum Gasteiger partial charge on any atom is -0.492 e. The predicted molar refractivity (Wildman–Crippen MR) is 68.9 cm³/mol. The molecular weight excluding hydrogens is 198 g/mol. The highest BCUT2D eigenvalue weighted by Gasteiger charge is 2.06. The van der Waals surface area contributed by atoms with E-state index in [2.05, 4.69) is 19.2 Å². The molecule has 2 heteroatoms. The minimum absolute atomic E-state index is 0.477. The topological polar surface area (TPSA) is 21.3 Å². The number of hydrogen-bond donors (Lipinski definition) is 1. The van der Waals surface area contributed by atoms with Crippen molar-refractivity contribution in [1.82, 2.24) is 5.32 Å². The third kappa shape index (κ3) is 5.17. The largest absolute Gasteiger partial charge is 0.492 e. The van der Waals surface area contributed by atoms with Crippen LogP contribution in [-0.2, 0) is 0 Å². The molecule has 1 N–H and O–H groups in total. The summed E-state index contributed by atoms with van der Waals surface area (Å²) in [4.78, 5) is 0. The third-order valence-electron chi connectivity index (χ3n) is 2.51. The second-order valence-electron chi connectivity index (χ2n) is 4.06. The number of benzene rings is 1. The van der Waals surface area contributed by atoms with E-state index in [-0.39, 0.29) is 0 Å². The van der Waals surface area contributed by atoms with Gasteiger partial charge in [-0.05, 0) is 31.5 Å². The van der Waals surface area contributed by atoms with E-state index in [4.69, 9.17) is 4.74 Å². The van der Waals surface area contributed by atoms with E-state index in [1.165, 1.54) is 19.3 Å². The monoisotopic (exact) mass is 221 g/mol. The fraction of sp³-hybridized carbons (Fsp3) is 0.571. The molecule has 90 valence electrons. The van der Waals surface area contributed by atoms with Crippen molar-refractivity contribution in [2.24, 2.45) is 0 Å². The Morgan fingerprint density at radius 3 is 2.50 bits per heavy atom. The molecule has 0 spiro atoms. The fourth-order valence-corrected chi connectivity index (χ4v) is 1.65. The van der Waals surface area contributed by atoms with E-state index >= 15 is 0 Å². The van der Waals surface area contributed by atoms with Crippen LogP contribution in [0.1, 0.15) is 33.1 Å². The van der Waals surface area contributed by atoms with Crippen LogP contribution < -0.4 is 10.1 Å². The Labute approximate surface area is 99.0 Å². The van der Waals surface area contributed by atoms with Crippen molar-refractivity contribution in [3.05, 3.63) is 30.3 Å². The maximum atomic E-state index is 5.76. The van der Waals surface area contributed by atoms with Gasteiger partial charge in [-0.3, -0.25) is 0 Å². The summed E-state index contributed by atoms with van der Waals surface area (Å²) in [5.74, 6) is 0.960. The van der Waals surface area contributed by atoms with Crippen molar-refractivity contribution >= 4 is 0 Å². The molecule has 0 aliphatic heterocycles. The average molecular weight is 221 g/mol. The predicted octanol–water partition coefficient (Wildman–Crippen LogP) is 3.23. The third-order valence-corrected chi connectivity index (χ3v) is 2.51. The Morgan fingerprint density at radius 2 is 1.88 bits per heavy atom. The van der Waals surface area contributed by atoms with Gasteiger partial charge in [0, 0.05) is 6.04 Å². The summed E-state index contributed by atoms with van der Waals surface area (Å²) < 4.78 is 5.76. The van der Waals surface area contributed by atoms with E-state index in [1.807, 2.05) is 30.3 Å². The van der Waals surface area contributed by atoms with Crippen molar-refractivity contribution in [2.45, 2.75) is 39.2 Å². The molecular formula is C14H23NO. The quantitative estimate of drug-likeness (QED) is 0.727. The van der Waals surface area contributed by atoms with Crippen LogP contribution in [-0.4, -0.2) is 19.2 Å². The van der Waals surface area contributed by atoms with Crippen molar-refractivity contribution in [3.8, 4) is 5.75 Å². The van der Waals surface area contributed by atoms with Gasteiger partial charge in [-0.25, -0.2) is 0 Å². The van der Waals surface area contributed by atoms with Gasteiger partial charge in [0.25, 0.3) is 0 Å². The summed E-state index contributed by atoms with van der Waals surface area (Å²) >= 11 is 0. The fourth-order valence-electron chi connectivity index (χ4n) is 1.65. The van der Waals surface area contributed by atoms with Crippen LogP contribution in [0, 0.1) is 0 Å². The number of ether oxygens (including phenoxy) is 1. The SMILES string of the molecule is CCCNC(CCC)COc1ccccc1. The zero-order chi connectivity index (χ0) is 11.6.